The summed E-state index contributed by atoms with van der Waals surface area (Å²) < 4.78 is 5.77. The molecule has 1 aromatic rings. The summed E-state index contributed by atoms with van der Waals surface area (Å²) in [5.74, 6) is 0.764. The largest absolute Gasteiger partial charge is 0.377 e. The number of hydrogen-bond acceptors (Lipinski definition) is 5. The minimum Gasteiger partial charge on any atom is -0.377 e. The highest BCUT2D eigenvalue weighted by Crippen LogP contribution is 2.14. The van der Waals surface area contributed by atoms with E-state index >= 15 is 0 Å². The summed E-state index contributed by atoms with van der Waals surface area (Å²) in [6.45, 7) is 2.72. The van der Waals surface area contributed by atoms with Crippen LogP contribution in [-0.4, -0.2) is 55.3 Å². The summed E-state index contributed by atoms with van der Waals surface area (Å²) >= 11 is 0. The van der Waals surface area contributed by atoms with Gasteiger partial charge in [-0.05, 0) is 32.4 Å². The van der Waals surface area contributed by atoms with Gasteiger partial charge in [0.15, 0.2) is 0 Å². The molecule has 106 valence electrons. The van der Waals surface area contributed by atoms with Crippen molar-refractivity contribution in [1.82, 2.24) is 14.9 Å². The Morgan fingerprint density at radius 3 is 2.84 bits per heavy atom. The SMILES string of the molecule is CN(Cc1ccnc(N(C)C)n1)CC1CCCCO1. The van der Waals surface area contributed by atoms with Gasteiger partial charge in [0.05, 0.1) is 11.8 Å². The Kier molecular flexibility index (Phi) is 5.10. The number of likely N-dealkylation sites (N-methyl/N-ethyl adjacent to an activating group) is 1. The van der Waals surface area contributed by atoms with Gasteiger partial charge < -0.3 is 9.64 Å². The van der Waals surface area contributed by atoms with Gasteiger partial charge in [-0.25, -0.2) is 9.97 Å². The third-order valence-corrected chi connectivity index (χ3v) is 3.32. The Morgan fingerprint density at radius 1 is 1.32 bits per heavy atom. The van der Waals surface area contributed by atoms with E-state index in [2.05, 4.69) is 21.9 Å². The van der Waals surface area contributed by atoms with Crippen molar-refractivity contribution in [3.8, 4) is 0 Å². The molecule has 2 rings (SSSR count). The summed E-state index contributed by atoms with van der Waals surface area (Å²) in [7, 11) is 6.03. The molecule has 0 aliphatic carbocycles. The van der Waals surface area contributed by atoms with Gasteiger partial charge in [0.25, 0.3) is 0 Å². The zero-order valence-corrected chi connectivity index (χ0v) is 12.2. The normalized spacial score (nSPS) is 19.7. The Labute approximate surface area is 115 Å². The monoisotopic (exact) mass is 264 g/mol. The van der Waals surface area contributed by atoms with Crippen LogP contribution in [-0.2, 0) is 11.3 Å². The maximum atomic E-state index is 5.77. The minimum absolute atomic E-state index is 0.383. The van der Waals surface area contributed by atoms with Gasteiger partial charge in [0, 0.05) is 40.0 Å². The number of aromatic nitrogens is 2. The van der Waals surface area contributed by atoms with E-state index in [9.17, 15) is 0 Å². The third kappa shape index (κ3) is 4.44. The zero-order valence-electron chi connectivity index (χ0n) is 12.2. The van der Waals surface area contributed by atoms with Gasteiger partial charge in [-0.15, -0.1) is 0 Å². The van der Waals surface area contributed by atoms with Gasteiger partial charge in [-0.2, -0.15) is 0 Å². The van der Waals surface area contributed by atoms with Crippen LogP contribution in [0, 0.1) is 0 Å². The van der Waals surface area contributed by atoms with Gasteiger partial charge >= 0.3 is 0 Å². The van der Waals surface area contributed by atoms with Crippen molar-refractivity contribution in [2.45, 2.75) is 31.9 Å². The molecule has 19 heavy (non-hydrogen) atoms. The van der Waals surface area contributed by atoms with E-state index in [4.69, 9.17) is 4.74 Å². The second-order valence-electron chi connectivity index (χ2n) is 5.43. The van der Waals surface area contributed by atoms with Gasteiger partial charge in [0.1, 0.15) is 0 Å². The molecule has 0 amide bonds. The molecule has 5 nitrogen and oxygen atoms in total. The van der Waals surface area contributed by atoms with Gasteiger partial charge in [-0.1, -0.05) is 0 Å². The smallest absolute Gasteiger partial charge is 0.225 e. The predicted octanol–water partition coefficient (Wildman–Crippen LogP) is 1.54. The standard InChI is InChI=1S/C14H24N4O/c1-17(2)14-15-8-7-12(16-14)10-18(3)11-13-6-4-5-9-19-13/h7-8,13H,4-6,9-11H2,1-3H3. The molecule has 1 aliphatic rings. The van der Waals surface area contributed by atoms with Crippen LogP contribution in [0.3, 0.4) is 0 Å². The van der Waals surface area contributed by atoms with E-state index in [1.54, 1.807) is 0 Å². The highest BCUT2D eigenvalue weighted by Gasteiger charge is 2.16. The Hall–Kier alpha value is -1.20. The number of rotatable bonds is 5. The average Bonchev–Trinajstić information content (AvgIpc) is 2.40. The first-order valence-electron chi connectivity index (χ1n) is 6.94. The lowest BCUT2D eigenvalue weighted by Gasteiger charge is -2.27. The molecular formula is C14H24N4O. The number of ether oxygens (including phenoxy) is 1. The van der Waals surface area contributed by atoms with E-state index < -0.39 is 0 Å². The first-order valence-corrected chi connectivity index (χ1v) is 6.94. The van der Waals surface area contributed by atoms with Crippen LogP contribution in [0.5, 0.6) is 0 Å². The fourth-order valence-electron chi connectivity index (χ4n) is 2.33. The van der Waals surface area contributed by atoms with Gasteiger partial charge in [-0.3, -0.25) is 4.90 Å². The quantitative estimate of drug-likeness (QED) is 0.807. The lowest BCUT2D eigenvalue weighted by Crippen LogP contribution is -2.33. The van der Waals surface area contributed by atoms with Crippen molar-refractivity contribution in [3.05, 3.63) is 18.0 Å². The van der Waals surface area contributed by atoms with Gasteiger partial charge in [0.2, 0.25) is 5.95 Å². The van der Waals surface area contributed by atoms with Crippen LogP contribution in [0.4, 0.5) is 5.95 Å². The molecule has 1 atom stereocenters. The second-order valence-corrected chi connectivity index (χ2v) is 5.43. The molecule has 0 saturated carbocycles. The Balaban J connectivity index is 1.87. The summed E-state index contributed by atoms with van der Waals surface area (Å²) in [5.41, 5.74) is 1.05. The molecule has 5 heteroatoms. The van der Waals surface area contributed by atoms with Crippen molar-refractivity contribution >= 4 is 5.95 Å². The topological polar surface area (TPSA) is 41.5 Å². The number of nitrogens with zero attached hydrogens (tertiary/aromatic N) is 4. The first kappa shape index (κ1) is 14.2. The summed E-state index contributed by atoms with van der Waals surface area (Å²) in [5, 5.41) is 0. The van der Waals surface area contributed by atoms with Crippen LogP contribution in [0.25, 0.3) is 0 Å². The predicted molar refractivity (Wildman–Crippen MR) is 76.3 cm³/mol. The lowest BCUT2D eigenvalue weighted by atomic mass is 10.1. The minimum atomic E-state index is 0.383. The molecule has 0 bridgehead atoms. The Morgan fingerprint density at radius 2 is 2.16 bits per heavy atom. The molecule has 1 unspecified atom stereocenters. The van der Waals surface area contributed by atoms with E-state index in [0.717, 1.165) is 31.3 Å². The lowest BCUT2D eigenvalue weighted by molar-refractivity contribution is -0.00274. The fraction of sp³-hybridized carbons (Fsp3) is 0.714. The second kappa shape index (κ2) is 6.82. The molecular weight excluding hydrogens is 240 g/mol. The zero-order chi connectivity index (χ0) is 13.7. The summed E-state index contributed by atoms with van der Waals surface area (Å²) in [6.07, 6.45) is 5.88. The molecule has 1 aromatic heterocycles. The maximum absolute atomic E-state index is 5.77. The molecule has 0 radical (unpaired) electrons. The molecule has 1 saturated heterocycles. The highest BCUT2D eigenvalue weighted by molar-refractivity contribution is 5.26. The molecule has 1 fully saturated rings. The summed E-state index contributed by atoms with van der Waals surface area (Å²) in [6, 6.07) is 1.98. The van der Waals surface area contributed by atoms with Crippen molar-refractivity contribution in [1.29, 1.82) is 0 Å². The van der Waals surface area contributed by atoms with Crippen molar-refractivity contribution in [2.24, 2.45) is 0 Å². The molecule has 1 aliphatic heterocycles. The van der Waals surface area contributed by atoms with Crippen molar-refractivity contribution < 1.29 is 4.74 Å². The number of hydrogen-bond donors (Lipinski definition) is 0. The van der Waals surface area contributed by atoms with E-state index in [-0.39, 0.29) is 0 Å². The third-order valence-electron chi connectivity index (χ3n) is 3.32. The van der Waals surface area contributed by atoms with E-state index in [1.807, 2.05) is 31.3 Å². The summed E-state index contributed by atoms with van der Waals surface area (Å²) in [4.78, 5) is 13.0. The average molecular weight is 264 g/mol. The fourth-order valence-corrected chi connectivity index (χ4v) is 2.33. The van der Waals surface area contributed by atoms with E-state index in [1.165, 1.54) is 19.3 Å². The molecule has 2 heterocycles. The van der Waals surface area contributed by atoms with Crippen LogP contribution < -0.4 is 4.90 Å². The highest BCUT2D eigenvalue weighted by atomic mass is 16.5. The number of anilines is 1. The first-order chi connectivity index (χ1) is 9.15. The van der Waals surface area contributed by atoms with Crippen LogP contribution >= 0.6 is 0 Å². The molecule has 0 N–H and O–H groups in total. The van der Waals surface area contributed by atoms with Crippen molar-refractivity contribution in [2.75, 3.05) is 39.2 Å². The maximum Gasteiger partial charge on any atom is 0.225 e. The Bertz CT molecular complexity index is 391. The van der Waals surface area contributed by atoms with E-state index in [0.29, 0.717) is 6.10 Å². The van der Waals surface area contributed by atoms with Crippen LogP contribution in [0.2, 0.25) is 0 Å². The molecule has 0 spiro atoms. The van der Waals surface area contributed by atoms with Crippen LogP contribution in [0.1, 0.15) is 25.0 Å². The van der Waals surface area contributed by atoms with Crippen molar-refractivity contribution in [3.63, 3.8) is 0 Å². The van der Waals surface area contributed by atoms with Crippen LogP contribution in [0.15, 0.2) is 12.3 Å². The molecule has 0 aromatic carbocycles.